The minimum atomic E-state index is -2.02. The zero-order valence-electron chi connectivity index (χ0n) is 29.2. The van der Waals surface area contributed by atoms with Gasteiger partial charge in [-0.25, -0.2) is 14.8 Å². The Balaban J connectivity index is 1.38. The summed E-state index contributed by atoms with van der Waals surface area (Å²) in [5, 5.41) is 4.17. The molecule has 1 N–H and O–H groups in total. The average Bonchev–Trinajstić information content (AvgIpc) is 3.71. The molecule has 1 aromatic carbocycles. The highest BCUT2D eigenvalue weighted by Gasteiger charge is 2.43. The molecule has 0 radical (unpaired) electrons. The molecule has 2 aromatic heterocycles. The molecule has 250 valence electrons. The van der Waals surface area contributed by atoms with Crippen LogP contribution in [0.1, 0.15) is 72.8 Å². The molecule has 0 bridgehead atoms. The maximum Gasteiger partial charge on any atom is 0.415 e. The molecule has 6 rings (SSSR count). The van der Waals surface area contributed by atoms with Crippen LogP contribution in [0.5, 0.6) is 0 Å². The van der Waals surface area contributed by atoms with Crippen LogP contribution >= 0.6 is 0 Å². The van der Waals surface area contributed by atoms with Crippen LogP contribution in [-0.2, 0) is 4.74 Å². The Morgan fingerprint density at radius 1 is 0.936 bits per heavy atom. The molecular weight excluding hydrogens is 603 g/mol. The summed E-state index contributed by atoms with van der Waals surface area (Å²) in [7, 11) is 0.147. The van der Waals surface area contributed by atoms with Gasteiger partial charge in [-0.3, -0.25) is 4.90 Å². The number of rotatable bonds is 8. The van der Waals surface area contributed by atoms with E-state index in [0.29, 0.717) is 46.6 Å². The number of hydrogen-bond acceptors (Lipinski definition) is 8. The van der Waals surface area contributed by atoms with Gasteiger partial charge < -0.3 is 19.9 Å². The van der Waals surface area contributed by atoms with Crippen LogP contribution in [0.2, 0.25) is 16.6 Å². The van der Waals surface area contributed by atoms with Gasteiger partial charge in [0, 0.05) is 49.3 Å². The van der Waals surface area contributed by atoms with E-state index in [2.05, 4.69) is 99.4 Å². The number of amides is 1. The van der Waals surface area contributed by atoms with E-state index in [1.807, 2.05) is 12.3 Å². The molecule has 1 aliphatic carbocycles. The van der Waals surface area contributed by atoms with Crippen molar-refractivity contribution in [3.05, 3.63) is 42.1 Å². The number of piperazine rings is 1. The van der Waals surface area contributed by atoms with Crippen molar-refractivity contribution in [1.82, 2.24) is 19.9 Å². The van der Waals surface area contributed by atoms with Gasteiger partial charge in [-0.15, -0.1) is 5.54 Å². The van der Waals surface area contributed by atoms with Gasteiger partial charge in [-0.2, -0.15) is 4.98 Å². The second-order valence-corrected chi connectivity index (χ2v) is 20.2. The molecule has 1 unspecified atom stereocenters. The molecule has 2 saturated heterocycles. The smallest absolute Gasteiger partial charge is 0.415 e. The summed E-state index contributed by atoms with van der Waals surface area (Å²) in [5.41, 5.74) is 8.83. The third kappa shape index (κ3) is 6.70. The highest BCUT2D eigenvalue weighted by Crippen LogP contribution is 2.41. The first-order chi connectivity index (χ1) is 22.6. The number of pyridine rings is 1. The summed E-state index contributed by atoms with van der Waals surface area (Å²) < 4.78 is 5.63. The molecule has 0 spiro atoms. The molecular formula is C37H51N7O2Si. The number of fused-ring (bicyclic) bond motifs is 1. The molecule has 4 heterocycles. The van der Waals surface area contributed by atoms with Crippen LogP contribution in [0, 0.1) is 17.4 Å². The highest BCUT2D eigenvalue weighted by molar-refractivity contribution is 6.90. The van der Waals surface area contributed by atoms with Gasteiger partial charge in [0.15, 0.2) is 5.65 Å². The van der Waals surface area contributed by atoms with Crippen molar-refractivity contribution < 1.29 is 9.53 Å². The first-order valence-electron chi connectivity index (χ1n) is 17.5. The number of cyclic esters (lactones) is 1. The average molecular weight is 654 g/mol. The Morgan fingerprint density at radius 2 is 1.60 bits per heavy atom. The molecule has 1 amide bonds. The molecule has 1 saturated carbocycles. The van der Waals surface area contributed by atoms with Crippen molar-refractivity contribution in [2.45, 2.75) is 89.9 Å². The number of nitrogens with one attached hydrogen (secondary N) is 1. The van der Waals surface area contributed by atoms with Gasteiger partial charge in [-0.05, 0) is 72.8 Å². The van der Waals surface area contributed by atoms with E-state index < -0.39 is 8.07 Å². The lowest BCUT2D eigenvalue weighted by Crippen LogP contribution is -2.44. The van der Waals surface area contributed by atoms with E-state index in [0.717, 1.165) is 55.7 Å². The number of anilines is 4. The Bertz CT molecular complexity index is 1610. The lowest BCUT2D eigenvalue weighted by Gasteiger charge is -2.38. The van der Waals surface area contributed by atoms with E-state index in [9.17, 15) is 4.79 Å². The Hall–Kier alpha value is -3.68. The van der Waals surface area contributed by atoms with E-state index in [-0.39, 0.29) is 12.1 Å². The van der Waals surface area contributed by atoms with Crippen molar-refractivity contribution in [3.8, 4) is 11.5 Å². The van der Waals surface area contributed by atoms with Crippen LogP contribution in [-0.4, -0.2) is 79.9 Å². The quantitative estimate of drug-likeness (QED) is 0.197. The van der Waals surface area contributed by atoms with Gasteiger partial charge in [0.05, 0.1) is 11.4 Å². The molecule has 10 heteroatoms. The van der Waals surface area contributed by atoms with Gasteiger partial charge in [0.25, 0.3) is 0 Å². The lowest BCUT2D eigenvalue weighted by atomic mass is 9.98. The SMILES string of the molecule is CC(C)[Si](C#Cc1cc(N2C(=O)OCC2C2CCCC2)nc2nc(Nc3ccc(N4CCN(C)CC4)cc3)ncc12)(C(C)C)C(C)C. The zero-order chi connectivity index (χ0) is 33.3. The number of carbonyl (C=O) groups is 1. The fourth-order valence-corrected chi connectivity index (χ4v) is 13.4. The monoisotopic (exact) mass is 653 g/mol. The van der Waals surface area contributed by atoms with Crippen molar-refractivity contribution in [3.63, 3.8) is 0 Å². The van der Waals surface area contributed by atoms with Crippen LogP contribution in [0.3, 0.4) is 0 Å². The maximum atomic E-state index is 13.2. The standard InChI is InChI=1S/C37H51N7O2Si/c1-25(2)47(26(3)4,27(5)6)21-16-29-22-34(44-33(24-46-37(44)45)28-10-8-9-11-28)40-35-32(29)23-38-36(41-35)39-30-12-14-31(15-13-30)43-19-17-42(7)18-20-43/h12-15,22-23,25-28,33H,8-11,17-20,24H2,1-7H3,(H,38,39,40,41). The number of aromatic nitrogens is 3. The maximum absolute atomic E-state index is 13.2. The lowest BCUT2D eigenvalue weighted by molar-refractivity contribution is 0.176. The predicted molar refractivity (Wildman–Crippen MR) is 194 cm³/mol. The van der Waals surface area contributed by atoms with Gasteiger partial charge in [0.1, 0.15) is 20.5 Å². The molecule has 3 fully saturated rings. The minimum Gasteiger partial charge on any atom is -0.447 e. The van der Waals surface area contributed by atoms with Crippen molar-refractivity contribution >= 4 is 48.3 Å². The van der Waals surface area contributed by atoms with E-state index in [4.69, 9.17) is 19.7 Å². The van der Waals surface area contributed by atoms with Crippen LogP contribution in [0.15, 0.2) is 36.5 Å². The van der Waals surface area contributed by atoms with Crippen molar-refractivity contribution in [2.24, 2.45) is 5.92 Å². The third-order valence-corrected chi connectivity index (χ3v) is 17.2. The summed E-state index contributed by atoms with van der Waals surface area (Å²) >= 11 is 0. The van der Waals surface area contributed by atoms with E-state index >= 15 is 0 Å². The first-order valence-corrected chi connectivity index (χ1v) is 19.8. The van der Waals surface area contributed by atoms with Gasteiger partial charge >= 0.3 is 6.09 Å². The summed E-state index contributed by atoms with van der Waals surface area (Å²) in [5.74, 6) is 5.06. The fraction of sp³-hybridized carbons (Fsp3) is 0.568. The number of ether oxygens (including phenoxy) is 1. The minimum absolute atomic E-state index is 0.0236. The Morgan fingerprint density at radius 3 is 2.23 bits per heavy atom. The molecule has 9 nitrogen and oxygen atoms in total. The topological polar surface area (TPSA) is 86.7 Å². The summed E-state index contributed by atoms with van der Waals surface area (Å²) in [6.07, 6.45) is 6.08. The largest absolute Gasteiger partial charge is 0.447 e. The normalized spacial score (nSPS) is 19.6. The second kappa shape index (κ2) is 13.8. The van der Waals surface area contributed by atoms with Crippen LogP contribution < -0.4 is 15.1 Å². The molecule has 2 aliphatic heterocycles. The number of benzene rings is 1. The number of hydrogen-bond donors (Lipinski definition) is 1. The van der Waals surface area contributed by atoms with Gasteiger partial charge in [-0.1, -0.05) is 60.3 Å². The third-order valence-electron chi connectivity index (χ3n) is 10.9. The van der Waals surface area contributed by atoms with E-state index in [1.165, 1.54) is 18.5 Å². The molecule has 3 aromatic rings. The highest BCUT2D eigenvalue weighted by atomic mass is 28.3. The van der Waals surface area contributed by atoms with Crippen LogP contribution in [0.25, 0.3) is 11.0 Å². The Kier molecular flexibility index (Phi) is 9.77. The number of carbonyl (C=O) groups excluding carboxylic acids is 1. The Labute approximate surface area is 281 Å². The second-order valence-electron chi connectivity index (χ2n) is 14.6. The first kappa shape index (κ1) is 33.2. The van der Waals surface area contributed by atoms with E-state index in [1.54, 1.807) is 4.90 Å². The van der Waals surface area contributed by atoms with Crippen LogP contribution in [0.4, 0.5) is 27.9 Å². The predicted octanol–water partition coefficient (Wildman–Crippen LogP) is 7.61. The summed E-state index contributed by atoms with van der Waals surface area (Å²) in [6, 6.07) is 10.4. The molecule has 47 heavy (non-hydrogen) atoms. The molecule has 1 atom stereocenters. The summed E-state index contributed by atoms with van der Waals surface area (Å²) in [4.78, 5) is 34.4. The number of likely N-dealkylation sites (N-methyl/N-ethyl adjacent to an activating group) is 1. The molecule has 3 aliphatic rings. The zero-order valence-corrected chi connectivity index (χ0v) is 30.2. The van der Waals surface area contributed by atoms with Crippen molar-refractivity contribution in [1.29, 1.82) is 0 Å². The number of nitrogens with zero attached hydrogens (tertiary/aromatic N) is 6. The summed E-state index contributed by atoms with van der Waals surface area (Å²) in [6.45, 7) is 18.5. The van der Waals surface area contributed by atoms with Crippen molar-refractivity contribution in [2.75, 3.05) is 55.0 Å². The fourth-order valence-electron chi connectivity index (χ4n) is 8.23. The van der Waals surface area contributed by atoms with Gasteiger partial charge in [0.2, 0.25) is 5.95 Å².